The van der Waals surface area contributed by atoms with Crippen LogP contribution in [0.3, 0.4) is 0 Å². The van der Waals surface area contributed by atoms with Crippen molar-refractivity contribution in [2.24, 2.45) is 5.92 Å². The van der Waals surface area contributed by atoms with E-state index in [4.69, 9.17) is 4.74 Å². The van der Waals surface area contributed by atoms with E-state index in [0.717, 1.165) is 18.7 Å². The van der Waals surface area contributed by atoms with E-state index in [2.05, 4.69) is 15.0 Å². The molecule has 1 saturated carbocycles. The Morgan fingerprint density at radius 3 is 2.52 bits per heavy atom. The van der Waals surface area contributed by atoms with Crippen LogP contribution in [0.2, 0.25) is 0 Å². The van der Waals surface area contributed by atoms with Gasteiger partial charge in [-0.2, -0.15) is 13.2 Å². The van der Waals surface area contributed by atoms with Crippen molar-refractivity contribution in [2.75, 3.05) is 6.54 Å². The smallest absolute Gasteiger partial charge is 0.417 e. The van der Waals surface area contributed by atoms with E-state index in [1.165, 1.54) is 36.7 Å². The first-order valence-corrected chi connectivity index (χ1v) is 10.4. The van der Waals surface area contributed by atoms with Gasteiger partial charge in [-0.15, -0.1) is 0 Å². The van der Waals surface area contributed by atoms with E-state index >= 15 is 0 Å². The van der Waals surface area contributed by atoms with Crippen molar-refractivity contribution in [2.45, 2.75) is 31.2 Å². The predicted octanol–water partition coefficient (Wildman–Crippen LogP) is 4.38. The fourth-order valence-corrected chi connectivity index (χ4v) is 4.58. The molecule has 2 aliphatic rings. The number of rotatable bonds is 4. The van der Waals surface area contributed by atoms with Crippen molar-refractivity contribution in [1.82, 2.24) is 19.9 Å². The van der Waals surface area contributed by atoms with Gasteiger partial charge in [-0.05, 0) is 49.1 Å². The Balaban J connectivity index is 1.37. The minimum atomic E-state index is -4.48. The molecule has 3 heterocycles. The van der Waals surface area contributed by atoms with Crippen LogP contribution in [-0.4, -0.2) is 44.4 Å². The second-order valence-corrected chi connectivity index (χ2v) is 8.16. The maximum Gasteiger partial charge on any atom is 0.417 e. The summed E-state index contributed by atoms with van der Waals surface area (Å²) in [5.74, 6) is -0.278. The summed E-state index contributed by atoms with van der Waals surface area (Å²) in [5.41, 5.74) is -0.279. The van der Waals surface area contributed by atoms with Gasteiger partial charge < -0.3 is 9.64 Å². The van der Waals surface area contributed by atoms with E-state index in [0.29, 0.717) is 18.5 Å². The highest BCUT2D eigenvalue weighted by Gasteiger charge is 2.48. The highest BCUT2D eigenvalue weighted by atomic mass is 19.4. The van der Waals surface area contributed by atoms with Gasteiger partial charge in [-0.1, -0.05) is 0 Å². The number of benzene rings is 1. The van der Waals surface area contributed by atoms with Gasteiger partial charge in [0.05, 0.1) is 17.2 Å². The van der Waals surface area contributed by atoms with Gasteiger partial charge >= 0.3 is 6.18 Å². The summed E-state index contributed by atoms with van der Waals surface area (Å²) in [6.45, 7) is 0.524. The first kappa shape index (κ1) is 21.3. The molecule has 0 radical (unpaired) electrons. The third kappa shape index (κ3) is 4.12. The SMILES string of the molecule is O=C(c1ccc(F)cc1-c1ncccn1)N1CC2C[C@@H](Oc3ccc(C(F)(F)F)cn3)[C@@H]1C2. The lowest BCUT2D eigenvalue weighted by Crippen LogP contribution is -2.47. The lowest BCUT2D eigenvalue weighted by atomic mass is 10.0. The average molecular weight is 458 g/mol. The molecule has 10 heteroatoms. The lowest BCUT2D eigenvalue weighted by molar-refractivity contribution is -0.137. The molecule has 1 aliphatic carbocycles. The van der Waals surface area contributed by atoms with Crippen molar-refractivity contribution in [3.05, 3.63) is 71.9 Å². The molecule has 170 valence electrons. The fraction of sp³-hybridized carbons (Fsp3) is 0.304. The van der Waals surface area contributed by atoms with Gasteiger partial charge in [0, 0.05) is 36.8 Å². The Hall–Kier alpha value is -3.56. The molecular weight excluding hydrogens is 440 g/mol. The van der Waals surface area contributed by atoms with Gasteiger partial charge in [-0.25, -0.2) is 19.3 Å². The number of carbonyl (C=O) groups is 1. The first-order chi connectivity index (χ1) is 15.8. The van der Waals surface area contributed by atoms with Gasteiger partial charge in [0.15, 0.2) is 5.82 Å². The molecule has 1 aromatic carbocycles. The van der Waals surface area contributed by atoms with Crippen LogP contribution >= 0.6 is 0 Å². The van der Waals surface area contributed by atoms with Gasteiger partial charge in [0.1, 0.15) is 11.9 Å². The largest absolute Gasteiger partial charge is 0.472 e. The Morgan fingerprint density at radius 1 is 1.06 bits per heavy atom. The van der Waals surface area contributed by atoms with Crippen molar-refractivity contribution in [1.29, 1.82) is 0 Å². The molecule has 0 N–H and O–H groups in total. The second-order valence-electron chi connectivity index (χ2n) is 8.16. The van der Waals surface area contributed by atoms with Crippen molar-refractivity contribution in [3.63, 3.8) is 0 Å². The standard InChI is InChI=1S/C23H18F4N4O2/c24-15-3-4-16(17(10-15)21-28-6-1-7-29-21)22(32)31-12-13-8-18(31)19(9-13)33-20-5-2-14(11-30-20)23(25,26)27/h1-7,10-11,13,18-19H,8-9,12H2/t13?,18-,19+/m0/s1. The molecule has 3 aromatic rings. The monoisotopic (exact) mass is 458 g/mol. The maximum absolute atomic E-state index is 14.0. The van der Waals surface area contributed by atoms with Crippen LogP contribution in [0.1, 0.15) is 28.8 Å². The van der Waals surface area contributed by atoms with Crippen LogP contribution in [0.15, 0.2) is 55.0 Å². The lowest BCUT2D eigenvalue weighted by Gasteiger charge is -2.33. The topological polar surface area (TPSA) is 68.2 Å². The number of hydrogen-bond donors (Lipinski definition) is 0. The second kappa shape index (κ2) is 8.09. The van der Waals surface area contributed by atoms with Crippen LogP contribution in [0.4, 0.5) is 17.6 Å². The number of pyridine rings is 1. The molecule has 0 spiro atoms. The normalized spacial score (nSPS) is 21.9. The number of aromatic nitrogens is 3. The molecule has 3 atom stereocenters. The van der Waals surface area contributed by atoms with Crippen molar-refractivity contribution >= 4 is 5.91 Å². The quantitative estimate of drug-likeness (QED) is 0.543. The Kier molecular flexibility index (Phi) is 5.22. The molecule has 2 bridgehead atoms. The molecule has 1 aliphatic heterocycles. The fourth-order valence-electron chi connectivity index (χ4n) is 4.58. The zero-order chi connectivity index (χ0) is 23.2. The molecule has 33 heavy (non-hydrogen) atoms. The van der Waals surface area contributed by atoms with Gasteiger partial charge in [-0.3, -0.25) is 4.79 Å². The first-order valence-electron chi connectivity index (χ1n) is 10.4. The van der Waals surface area contributed by atoms with E-state index in [1.807, 2.05) is 0 Å². The average Bonchev–Trinajstić information content (AvgIpc) is 3.40. The summed E-state index contributed by atoms with van der Waals surface area (Å²) >= 11 is 0. The molecule has 2 fully saturated rings. The third-order valence-electron chi connectivity index (χ3n) is 6.04. The zero-order valence-corrected chi connectivity index (χ0v) is 17.2. The Bertz CT molecular complexity index is 1170. The number of nitrogens with zero attached hydrogens (tertiary/aromatic N) is 4. The van der Waals surface area contributed by atoms with E-state index in [-0.39, 0.29) is 35.1 Å². The summed E-state index contributed by atoms with van der Waals surface area (Å²) in [6.07, 6.45) is 0.284. The van der Waals surface area contributed by atoms with E-state index < -0.39 is 23.7 Å². The number of hydrogen-bond acceptors (Lipinski definition) is 5. The van der Waals surface area contributed by atoms with Crippen molar-refractivity contribution in [3.8, 4) is 17.3 Å². The highest BCUT2D eigenvalue weighted by molar-refractivity contribution is 6.00. The molecule has 2 aromatic heterocycles. The van der Waals surface area contributed by atoms with Gasteiger partial charge in [0.2, 0.25) is 5.88 Å². The Labute approximate surface area is 186 Å². The Morgan fingerprint density at radius 2 is 1.85 bits per heavy atom. The molecule has 6 nitrogen and oxygen atoms in total. The highest BCUT2D eigenvalue weighted by Crippen LogP contribution is 2.41. The number of piperidine rings is 1. The third-order valence-corrected chi connectivity index (χ3v) is 6.04. The number of ether oxygens (including phenoxy) is 1. The number of alkyl halides is 3. The predicted molar refractivity (Wildman–Crippen MR) is 109 cm³/mol. The van der Waals surface area contributed by atoms with Crippen LogP contribution in [0.25, 0.3) is 11.4 Å². The molecular formula is C23H18F4N4O2. The van der Waals surface area contributed by atoms with Crippen LogP contribution < -0.4 is 4.74 Å². The number of carbonyl (C=O) groups excluding carboxylic acids is 1. The van der Waals surface area contributed by atoms with E-state index in [1.54, 1.807) is 11.0 Å². The van der Waals surface area contributed by atoms with E-state index in [9.17, 15) is 22.4 Å². The maximum atomic E-state index is 14.0. The molecule has 5 rings (SSSR count). The molecule has 1 amide bonds. The number of halogens is 4. The number of likely N-dealkylation sites (tertiary alicyclic amines) is 1. The molecule has 1 saturated heterocycles. The summed E-state index contributed by atoms with van der Waals surface area (Å²) in [6, 6.07) is 7.34. The van der Waals surface area contributed by atoms with Crippen LogP contribution in [-0.2, 0) is 6.18 Å². The number of fused-ring (bicyclic) bond motifs is 2. The minimum Gasteiger partial charge on any atom is -0.472 e. The summed E-state index contributed by atoms with van der Waals surface area (Å²) in [4.78, 5) is 27.2. The zero-order valence-electron chi connectivity index (χ0n) is 17.2. The minimum absolute atomic E-state index is 0.0769. The summed E-state index contributed by atoms with van der Waals surface area (Å²) in [7, 11) is 0. The van der Waals surface area contributed by atoms with Crippen LogP contribution in [0.5, 0.6) is 5.88 Å². The van der Waals surface area contributed by atoms with Crippen LogP contribution in [0, 0.1) is 11.7 Å². The summed E-state index contributed by atoms with van der Waals surface area (Å²) in [5, 5.41) is 0. The van der Waals surface area contributed by atoms with Crippen molar-refractivity contribution < 1.29 is 27.1 Å². The molecule has 1 unspecified atom stereocenters. The summed E-state index contributed by atoms with van der Waals surface area (Å²) < 4.78 is 58.1. The van der Waals surface area contributed by atoms with Gasteiger partial charge in [0.25, 0.3) is 5.91 Å². The number of amides is 1.